The van der Waals surface area contributed by atoms with Gasteiger partial charge < -0.3 is 15.7 Å². The van der Waals surface area contributed by atoms with Crippen molar-refractivity contribution in [2.45, 2.75) is 51.4 Å². The van der Waals surface area contributed by atoms with Gasteiger partial charge in [0, 0.05) is 24.1 Å². The van der Waals surface area contributed by atoms with Crippen molar-refractivity contribution in [1.82, 2.24) is 15.2 Å². The maximum Gasteiger partial charge on any atom is 0.490 e. The van der Waals surface area contributed by atoms with Crippen LogP contribution in [-0.4, -0.2) is 50.9 Å². The molecule has 3 amide bonds. The number of carboxylic acid groups (broad SMARTS) is 1. The number of pyridine rings is 1. The number of hydrogen-bond donors (Lipinski definition) is 3. The first kappa shape index (κ1) is 27.1. The monoisotopic (exact) mass is 517 g/mol. The Balaban J connectivity index is 0.000000479. The SMILES string of the molecule is CCCc1cc(N)nc(-c2ccc3c(c2)CN(C2CCC(=O)NC2=O)C3=O)c1C#N.O=C(O)C(F)(F)F. The number of nitrogens with two attached hydrogens (primary N) is 1. The lowest BCUT2D eigenvalue weighted by atomic mass is 9.96. The number of imide groups is 1. The zero-order valence-corrected chi connectivity index (χ0v) is 19.6. The van der Waals surface area contributed by atoms with Crippen LogP contribution in [0, 0.1) is 11.3 Å². The first-order valence-electron chi connectivity index (χ1n) is 11.1. The molecule has 1 aromatic carbocycles. The zero-order valence-electron chi connectivity index (χ0n) is 19.6. The quantitative estimate of drug-likeness (QED) is 0.520. The van der Waals surface area contributed by atoms with E-state index in [-0.39, 0.29) is 24.8 Å². The number of aryl methyl sites for hydroxylation is 1. The number of alkyl halides is 3. The fourth-order valence-electron chi connectivity index (χ4n) is 4.14. The van der Waals surface area contributed by atoms with Crippen molar-refractivity contribution in [2.75, 3.05) is 5.73 Å². The lowest BCUT2D eigenvalue weighted by Gasteiger charge is -2.29. The maximum absolute atomic E-state index is 12.9. The normalized spacial score (nSPS) is 16.9. The van der Waals surface area contributed by atoms with E-state index in [4.69, 9.17) is 15.6 Å². The molecule has 2 aliphatic heterocycles. The second-order valence-corrected chi connectivity index (χ2v) is 8.37. The number of rotatable bonds is 4. The molecule has 1 aromatic heterocycles. The summed E-state index contributed by atoms with van der Waals surface area (Å²) in [6, 6.07) is 8.59. The van der Waals surface area contributed by atoms with Gasteiger partial charge in [-0.2, -0.15) is 18.4 Å². The van der Waals surface area contributed by atoms with Gasteiger partial charge in [0.1, 0.15) is 17.9 Å². The summed E-state index contributed by atoms with van der Waals surface area (Å²) in [6.45, 7) is 2.29. The minimum Gasteiger partial charge on any atom is -0.475 e. The van der Waals surface area contributed by atoms with E-state index >= 15 is 0 Å². The van der Waals surface area contributed by atoms with Crippen LogP contribution < -0.4 is 11.1 Å². The molecule has 1 fully saturated rings. The number of nitrogens with zero attached hydrogens (tertiary/aromatic N) is 3. The molecular formula is C24H22F3N5O5. The van der Waals surface area contributed by atoms with Crippen molar-refractivity contribution in [2.24, 2.45) is 0 Å². The van der Waals surface area contributed by atoms with E-state index in [0.717, 1.165) is 24.0 Å². The van der Waals surface area contributed by atoms with Gasteiger partial charge in [0.2, 0.25) is 11.8 Å². The first-order chi connectivity index (χ1) is 17.4. The fraction of sp³-hybridized carbons (Fsp3) is 0.333. The highest BCUT2D eigenvalue weighted by Gasteiger charge is 2.39. The number of halogens is 3. The summed E-state index contributed by atoms with van der Waals surface area (Å²) >= 11 is 0. The molecule has 1 atom stereocenters. The van der Waals surface area contributed by atoms with Crippen LogP contribution in [0.4, 0.5) is 19.0 Å². The number of anilines is 1. The van der Waals surface area contributed by atoms with Crippen LogP contribution in [0.1, 0.15) is 53.2 Å². The third-order valence-electron chi connectivity index (χ3n) is 5.79. The average molecular weight is 517 g/mol. The summed E-state index contributed by atoms with van der Waals surface area (Å²) in [5.74, 6) is -3.41. The van der Waals surface area contributed by atoms with E-state index in [1.54, 1.807) is 18.2 Å². The number of nitrogens with one attached hydrogen (secondary N) is 1. The molecule has 37 heavy (non-hydrogen) atoms. The average Bonchev–Trinajstić information content (AvgIpc) is 3.14. The number of piperidine rings is 1. The molecule has 4 rings (SSSR count). The summed E-state index contributed by atoms with van der Waals surface area (Å²) < 4.78 is 31.7. The Morgan fingerprint density at radius 1 is 1.30 bits per heavy atom. The van der Waals surface area contributed by atoms with Crippen LogP contribution in [0.5, 0.6) is 0 Å². The van der Waals surface area contributed by atoms with Gasteiger partial charge in [-0.1, -0.05) is 19.4 Å². The summed E-state index contributed by atoms with van der Waals surface area (Å²) in [5.41, 5.74) is 9.78. The Hall–Kier alpha value is -4.47. The third kappa shape index (κ3) is 5.85. The zero-order chi connectivity index (χ0) is 27.5. The number of carbonyl (C=O) groups excluding carboxylic acids is 3. The van der Waals surface area contributed by atoms with Gasteiger partial charge in [0.15, 0.2) is 0 Å². The van der Waals surface area contributed by atoms with E-state index in [1.165, 1.54) is 4.90 Å². The number of nitriles is 1. The van der Waals surface area contributed by atoms with Gasteiger partial charge in [-0.05, 0) is 42.2 Å². The predicted octanol–water partition coefficient (Wildman–Crippen LogP) is 2.55. The van der Waals surface area contributed by atoms with Gasteiger partial charge in [-0.25, -0.2) is 9.78 Å². The predicted molar refractivity (Wildman–Crippen MR) is 123 cm³/mol. The Labute approximate surface area is 208 Å². The molecule has 0 aliphatic carbocycles. The number of hydrogen-bond acceptors (Lipinski definition) is 7. The number of fused-ring (bicyclic) bond motifs is 1. The second kappa shape index (κ2) is 10.7. The molecule has 0 saturated carbocycles. The summed E-state index contributed by atoms with van der Waals surface area (Å²) in [5, 5.41) is 19.1. The molecule has 0 bridgehead atoms. The minimum absolute atomic E-state index is 0.209. The van der Waals surface area contributed by atoms with Crippen LogP contribution in [0.2, 0.25) is 0 Å². The van der Waals surface area contributed by atoms with Gasteiger partial charge in [-0.15, -0.1) is 0 Å². The smallest absolute Gasteiger partial charge is 0.475 e. The molecule has 194 valence electrons. The fourth-order valence-corrected chi connectivity index (χ4v) is 4.14. The van der Waals surface area contributed by atoms with Gasteiger partial charge in [0.25, 0.3) is 5.91 Å². The number of carbonyl (C=O) groups is 4. The Kier molecular flexibility index (Phi) is 7.81. The Morgan fingerprint density at radius 3 is 2.54 bits per heavy atom. The summed E-state index contributed by atoms with van der Waals surface area (Å²) in [6.07, 6.45) is -2.97. The molecule has 2 aromatic rings. The topological polar surface area (TPSA) is 166 Å². The molecule has 1 unspecified atom stereocenters. The lowest BCUT2D eigenvalue weighted by molar-refractivity contribution is -0.192. The van der Waals surface area contributed by atoms with Crippen molar-refractivity contribution in [3.63, 3.8) is 0 Å². The molecule has 0 radical (unpaired) electrons. The Morgan fingerprint density at radius 2 is 1.97 bits per heavy atom. The molecule has 3 heterocycles. The number of carboxylic acids is 1. The summed E-state index contributed by atoms with van der Waals surface area (Å²) in [7, 11) is 0. The number of aromatic nitrogens is 1. The van der Waals surface area contributed by atoms with Gasteiger partial charge in [0.05, 0.1) is 11.3 Å². The van der Waals surface area contributed by atoms with Crippen molar-refractivity contribution in [3.8, 4) is 17.3 Å². The Bertz CT molecular complexity index is 1320. The maximum atomic E-state index is 12.9. The van der Waals surface area contributed by atoms with Crippen LogP contribution in [0.15, 0.2) is 24.3 Å². The molecular weight excluding hydrogens is 495 g/mol. The largest absolute Gasteiger partial charge is 0.490 e. The third-order valence-corrected chi connectivity index (χ3v) is 5.79. The molecule has 2 aliphatic rings. The van der Waals surface area contributed by atoms with Crippen LogP contribution in [0.25, 0.3) is 11.3 Å². The van der Waals surface area contributed by atoms with E-state index in [0.29, 0.717) is 34.6 Å². The van der Waals surface area contributed by atoms with Crippen molar-refractivity contribution in [3.05, 3.63) is 46.5 Å². The van der Waals surface area contributed by atoms with Crippen LogP contribution in [-0.2, 0) is 27.3 Å². The van der Waals surface area contributed by atoms with Crippen LogP contribution >= 0.6 is 0 Å². The lowest BCUT2D eigenvalue weighted by Crippen LogP contribution is -2.52. The summed E-state index contributed by atoms with van der Waals surface area (Å²) in [4.78, 5) is 51.3. The highest BCUT2D eigenvalue weighted by Crippen LogP contribution is 2.33. The van der Waals surface area contributed by atoms with E-state index in [1.807, 2.05) is 13.0 Å². The molecule has 13 heteroatoms. The number of amides is 3. The number of benzene rings is 1. The molecule has 4 N–H and O–H groups in total. The van der Waals surface area contributed by atoms with Crippen molar-refractivity contribution < 1.29 is 37.5 Å². The van der Waals surface area contributed by atoms with E-state index < -0.39 is 24.1 Å². The second-order valence-electron chi connectivity index (χ2n) is 8.37. The van der Waals surface area contributed by atoms with Crippen molar-refractivity contribution >= 4 is 29.5 Å². The first-order valence-corrected chi connectivity index (χ1v) is 11.1. The molecule has 0 spiro atoms. The molecule has 10 nitrogen and oxygen atoms in total. The van der Waals surface area contributed by atoms with E-state index in [2.05, 4.69) is 16.4 Å². The number of nitrogen functional groups attached to an aromatic ring is 1. The molecule has 1 saturated heterocycles. The highest BCUT2D eigenvalue weighted by atomic mass is 19.4. The number of aliphatic carboxylic acids is 1. The van der Waals surface area contributed by atoms with Crippen LogP contribution in [0.3, 0.4) is 0 Å². The van der Waals surface area contributed by atoms with E-state index in [9.17, 15) is 32.8 Å². The highest BCUT2D eigenvalue weighted by molar-refractivity contribution is 6.05. The van der Waals surface area contributed by atoms with Crippen molar-refractivity contribution in [1.29, 1.82) is 5.26 Å². The van der Waals surface area contributed by atoms with Gasteiger partial charge in [-0.3, -0.25) is 19.7 Å². The minimum atomic E-state index is -5.08. The van der Waals surface area contributed by atoms with Gasteiger partial charge >= 0.3 is 12.1 Å². The standard InChI is InChI=1S/C22H21N5O3.C2HF3O2/c1-2-3-12-9-18(24)25-20(16(12)10-23)13-4-5-15-14(8-13)11-27(22(15)30)17-6-7-19(28)26-21(17)29;3-2(4,5)1(6)7/h4-5,8-9,17H,2-3,6-7,11H2,1H3,(H2,24,25)(H,26,28,29);(H,6,7).